The van der Waals surface area contributed by atoms with Crippen molar-refractivity contribution in [2.24, 2.45) is 0 Å². The van der Waals surface area contributed by atoms with Crippen LogP contribution >= 0.6 is 11.3 Å². The highest BCUT2D eigenvalue weighted by Crippen LogP contribution is 2.46. The van der Waals surface area contributed by atoms with Gasteiger partial charge >= 0.3 is 5.97 Å². The molecule has 0 saturated heterocycles. The molecule has 0 bridgehead atoms. The van der Waals surface area contributed by atoms with Crippen LogP contribution in [0.2, 0.25) is 0 Å². The summed E-state index contributed by atoms with van der Waals surface area (Å²) in [5.41, 5.74) is 5.87. The zero-order valence-corrected chi connectivity index (χ0v) is 17.2. The van der Waals surface area contributed by atoms with Crippen LogP contribution in [0.5, 0.6) is 0 Å². The highest BCUT2D eigenvalue weighted by Gasteiger charge is 2.36. The lowest BCUT2D eigenvalue weighted by Crippen LogP contribution is -2.33. The minimum absolute atomic E-state index is 0.212. The first-order chi connectivity index (χ1) is 12.2. The monoisotopic (exact) mass is 368 g/mol. The summed E-state index contributed by atoms with van der Waals surface area (Å²) in [7, 11) is 0. The fraction of sp³-hybridized carbons (Fsp3) is 0.435. The molecule has 1 aliphatic rings. The molecule has 0 fully saturated rings. The number of hydrogen-bond donors (Lipinski definition) is 0. The second-order valence-electron chi connectivity index (χ2n) is 8.35. The van der Waals surface area contributed by atoms with E-state index in [9.17, 15) is 4.79 Å². The average molecular weight is 369 g/mol. The zero-order valence-electron chi connectivity index (χ0n) is 16.4. The molecule has 1 aliphatic carbocycles. The van der Waals surface area contributed by atoms with Gasteiger partial charge in [0, 0.05) is 11.0 Å². The van der Waals surface area contributed by atoms with E-state index in [0.29, 0.717) is 6.61 Å². The molecule has 0 amide bonds. The van der Waals surface area contributed by atoms with Gasteiger partial charge in [0.25, 0.3) is 0 Å². The molecule has 1 aromatic carbocycles. The van der Waals surface area contributed by atoms with Gasteiger partial charge in [0.05, 0.1) is 6.61 Å². The number of hydrogen-bond acceptors (Lipinski definition) is 3. The smallest absolute Gasteiger partial charge is 0.330 e. The van der Waals surface area contributed by atoms with Gasteiger partial charge in [0.15, 0.2) is 0 Å². The first-order valence-electron chi connectivity index (χ1n) is 9.32. The molecule has 3 heteroatoms. The molecule has 1 heterocycles. The Labute approximate surface area is 160 Å². The van der Waals surface area contributed by atoms with Gasteiger partial charge in [0.2, 0.25) is 0 Å². The van der Waals surface area contributed by atoms with Crippen molar-refractivity contribution in [2.45, 2.75) is 58.3 Å². The lowest BCUT2D eigenvalue weighted by Gasteiger charge is -2.42. The van der Waals surface area contributed by atoms with Crippen LogP contribution < -0.4 is 0 Å². The minimum atomic E-state index is -0.291. The van der Waals surface area contributed by atoms with Gasteiger partial charge in [-0.2, -0.15) is 0 Å². The Morgan fingerprint density at radius 3 is 2.46 bits per heavy atom. The first-order valence-corrected chi connectivity index (χ1v) is 10.2. The van der Waals surface area contributed by atoms with Crippen molar-refractivity contribution < 1.29 is 9.53 Å². The minimum Gasteiger partial charge on any atom is -0.463 e. The first kappa shape index (κ1) is 18.9. The van der Waals surface area contributed by atoms with E-state index >= 15 is 0 Å². The Morgan fingerprint density at radius 2 is 1.77 bits per heavy atom. The Kier molecular flexibility index (Phi) is 5.12. The molecule has 0 atom stereocenters. The normalized spacial score (nSPS) is 17.9. The van der Waals surface area contributed by atoms with Gasteiger partial charge < -0.3 is 4.74 Å². The molecule has 2 aromatic rings. The summed E-state index contributed by atoms with van der Waals surface area (Å²) in [5, 5.41) is 2.16. The van der Waals surface area contributed by atoms with Crippen molar-refractivity contribution >= 4 is 23.4 Å². The van der Waals surface area contributed by atoms with E-state index < -0.39 is 0 Å². The summed E-state index contributed by atoms with van der Waals surface area (Å²) in [4.78, 5) is 12.5. The van der Waals surface area contributed by atoms with Crippen molar-refractivity contribution in [3.05, 3.63) is 51.7 Å². The molecule has 0 saturated carbocycles. The predicted octanol–water partition coefficient (Wildman–Crippen LogP) is 6.34. The molecule has 138 valence electrons. The summed E-state index contributed by atoms with van der Waals surface area (Å²) in [6, 6.07) is 9.07. The van der Waals surface area contributed by atoms with Gasteiger partial charge in [-0.15, -0.1) is 11.3 Å². The lowest BCUT2D eigenvalue weighted by atomic mass is 9.63. The van der Waals surface area contributed by atoms with Crippen molar-refractivity contribution in [2.75, 3.05) is 6.61 Å². The van der Waals surface area contributed by atoms with Crippen LogP contribution in [-0.2, 0) is 20.4 Å². The Morgan fingerprint density at radius 1 is 1.08 bits per heavy atom. The molecule has 0 aliphatic heterocycles. The van der Waals surface area contributed by atoms with E-state index in [1.54, 1.807) is 11.3 Å². The number of fused-ring (bicyclic) bond motifs is 1. The number of carbonyl (C=O) groups excluding carboxylic acids is 1. The number of thiophene rings is 1. The molecule has 0 spiro atoms. The number of ether oxygens (including phenoxy) is 1. The van der Waals surface area contributed by atoms with Crippen molar-refractivity contribution in [1.82, 2.24) is 0 Å². The average Bonchev–Trinajstić information content (AvgIpc) is 3.06. The van der Waals surface area contributed by atoms with Crippen molar-refractivity contribution in [3.63, 3.8) is 0 Å². The maximum absolute atomic E-state index is 11.5. The van der Waals surface area contributed by atoms with E-state index in [4.69, 9.17) is 4.74 Å². The van der Waals surface area contributed by atoms with E-state index in [-0.39, 0.29) is 16.8 Å². The van der Waals surface area contributed by atoms with Crippen LogP contribution in [0.4, 0.5) is 0 Å². The van der Waals surface area contributed by atoms with Crippen LogP contribution in [0, 0.1) is 0 Å². The summed E-state index contributed by atoms with van der Waals surface area (Å²) in [5.74, 6) is -0.291. The van der Waals surface area contributed by atoms with Crippen molar-refractivity contribution in [3.8, 4) is 11.1 Å². The highest BCUT2D eigenvalue weighted by atomic mass is 32.1. The quantitative estimate of drug-likeness (QED) is 0.465. The van der Waals surface area contributed by atoms with Crippen LogP contribution in [0.15, 0.2) is 35.7 Å². The molecular weight excluding hydrogens is 340 g/mol. The summed E-state index contributed by atoms with van der Waals surface area (Å²) >= 11 is 1.65. The second kappa shape index (κ2) is 7.03. The van der Waals surface area contributed by atoms with Gasteiger partial charge in [0.1, 0.15) is 0 Å². The molecule has 0 N–H and O–H groups in total. The Bertz CT molecular complexity index is 840. The lowest BCUT2D eigenvalue weighted by molar-refractivity contribution is -0.137. The Hall–Kier alpha value is -1.87. The number of esters is 1. The third kappa shape index (κ3) is 3.78. The Balaban J connectivity index is 1.91. The maximum atomic E-state index is 11.5. The highest BCUT2D eigenvalue weighted by molar-refractivity contribution is 7.11. The standard InChI is InChI=1S/C23H28O2S/c1-6-25-21(24)10-8-18-13-17(15-26-18)16-7-9-19-20(14-16)23(4,5)12-11-22(19,2)3/h7-10,13-15H,6,11-12H2,1-5H3. The van der Waals surface area contributed by atoms with Gasteiger partial charge in [-0.3, -0.25) is 0 Å². The summed E-state index contributed by atoms with van der Waals surface area (Å²) in [6.07, 6.45) is 5.77. The molecular formula is C23H28O2S. The number of benzene rings is 1. The van der Waals surface area contributed by atoms with E-state index in [1.807, 2.05) is 13.0 Å². The van der Waals surface area contributed by atoms with E-state index in [0.717, 1.165) is 4.88 Å². The van der Waals surface area contributed by atoms with Gasteiger partial charge in [-0.1, -0.05) is 45.9 Å². The third-order valence-corrected chi connectivity index (χ3v) is 6.37. The van der Waals surface area contributed by atoms with Crippen LogP contribution in [0.1, 0.15) is 63.5 Å². The molecule has 2 nitrogen and oxygen atoms in total. The zero-order chi connectivity index (χ0) is 18.9. The van der Waals surface area contributed by atoms with Crippen molar-refractivity contribution in [1.29, 1.82) is 0 Å². The summed E-state index contributed by atoms with van der Waals surface area (Å²) in [6.45, 7) is 11.6. The topological polar surface area (TPSA) is 26.3 Å². The van der Waals surface area contributed by atoms with Gasteiger partial charge in [-0.25, -0.2) is 4.79 Å². The fourth-order valence-electron chi connectivity index (χ4n) is 3.70. The summed E-state index contributed by atoms with van der Waals surface area (Å²) < 4.78 is 4.94. The molecule has 0 unspecified atom stereocenters. The molecule has 3 rings (SSSR count). The largest absolute Gasteiger partial charge is 0.463 e. The van der Waals surface area contributed by atoms with Crippen LogP contribution in [0.25, 0.3) is 17.2 Å². The maximum Gasteiger partial charge on any atom is 0.330 e. The van der Waals surface area contributed by atoms with E-state index in [2.05, 4.69) is 57.3 Å². The molecule has 0 radical (unpaired) electrons. The van der Waals surface area contributed by atoms with Crippen LogP contribution in [0.3, 0.4) is 0 Å². The number of carbonyl (C=O) groups is 1. The third-order valence-electron chi connectivity index (χ3n) is 5.48. The SMILES string of the molecule is CCOC(=O)C=Cc1cc(-c2ccc3c(c2)C(C)(C)CCC3(C)C)cs1. The van der Waals surface area contributed by atoms with E-state index in [1.165, 1.54) is 41.2 Å². The fourth-order valence-corrected chi connectivity index (χ4v) is 4.51. The number of rotatable bonds is 4. The molecule has 26 heavy (non-hydrogen) atoms. The van der Waals surface area contributed by atoms with Gasteiger partial charge in [-0.05, 0) is 70.4 Å². The second-order valence-corrected chi connectivity index (χ2v) is 9.29. The van der Waals surface area contributed by atoms with Crippen LogP contribution in [-0.4, -0.2) is 12.6 Å². The predicted molar refractivity (Wildman–Crippen MR) is 111 cm³/mol. The molecule has 1 aromatic heterocycles.